The van der Waals surface area contributed by atoms with Crippen LogP contribution in [0.3, 0.4) is 0 Å². The number of alkyl halides is 1. The van der Waals surface area contributed by atoms with Gasteiger partial charge in [-0.1, -0.05) is 71.4 Å². The molecule has 2 aromatic carbocycles. The number of benzene rings is 2. The standard InChI is InChI=1S/C29H34BrN3O5/c1-4-13-31-26(35)21-22-28(37)33(20(15-34)18-11-6-5-7-12-18)25(29(22)14-19(30)24(21)38-29)27(36)32-23-16(2)9-8-10-17(23)3/h5-12,19-22,24-25,34H,4,13-15H2,1-3H3,(H,31,35)(H,32,36)/t19?,20-,21-,22+,24-,25?,29?/m1/s1. The first kappa shape index (κ1) is 26.8. The minimum atomic E-state index is -1.20. The molecule has 3 amide bonds. The maximum atomic E-state index is 14.3. The second-order valence-corrected chi connectivity index (χ2v) is 11.7. The summed E-state index contributed by atoms with van der Waals surface area (Å²) in [5.74, 6) is -2.53. The smallest absolute Gasteiger partial charge is 0.250 e. The minimum absolute atomic E-state index is 0.191. The molecule has 3 heterocycles. The van der Waals surface area contributed by atoms with Crippen LogP contribution in [0.4, 0.5) is 5.69 Å². The van der Waals surface area contributed by atoms with E-state index in [2.05, 4.69) is 26.6 Å². The molecular formula is C29H34BrN3O5. The summed E-state index contributed by atoms with van der Waals surface area (Å²) in [5, 5.41) is 16.6. The summed E-state index contributed by atoms with van der Waals surface area (Å²) >= 11 is 3.69. The number of carbonyl (C=O) groups excluding carboxylic acids is 3. The highest BCUT2D eigenvalue weighted by atomic mass is 79.9. The SMILES string of the molecule is CCCNC(=O)[C@H]1[C@@H]2OC3(CC2Br)C(C(=O)Nc2c(C)cccc2C)N([C@H](CO)c2ccccc2)C(=O)[C@H]13. The number of hydrogen-bond acceptors (Lipinski definition) is 5. The Labute approximate surface area is 231 Å². The zero-order chi connectivity index (χ0) is 27.2. The second kappa shape index (κ2) is 10.4. The fraction of sp³-hybridized carbons (Fsp3) is 0.483. The highest BCUT2D eigenvalue weighted by Gasteiger charge is 2.77. The summed E-state index contributed by atoms with van der Waals surface area (Å²) in [4.78, 5) is 43.2. The van der Waals surface area contributed by atoms with Crippen molar-refractivity contribution in [2.24, 2.45) is 11.8 Å². The minimum Gasteiger partial charge on any atom is -0.394 e. The third-order valence-corrected chi connectivity index (χ3v) is 9.09. The van der Waals surface area contributed by atoms with Gasteiger partial charge in [0.05, 0.1) is 30.6 Å². The molecule has 0 aromatic heterocycles. The zero-order valence-corrected chi connectivity index (χ0v) is 23.4. The van der Waals surface area contributed by atoms with Crippen LogP contribution in [-0.4, -0.2) is 63.5 Å². The largest absolute Gasteiger partial charge is 0.394 e. The van der Waals surface area contributed by atoms with E-state index in [0.29, 0.717) is 24.2 Å². The highest BCUT2D eigenvalue weighted by Crippen LogP contribution is 2.61. The average molecular weight is 585 g/mol. The third kappa shape index (κ3) is 4.15. The number of aryl methyl sites for hydroxylation is 2. The first-order valence-electron chi connectivity index (χ1n) is 13.2. The Morgan fingerprint density at radius 3 is 2.45 bits per heavy atom. The lowest BCUT2D eigenvalue weighted by atomic mass is 9.70. The Bertz CT molecular complexity index is 1220. The molecule has 3 saturated heterocycles. The fourth-order valence-electron chi connectivity index (χ4n) is 6.60. The summed E-state index contributed by atoms with van der Waals surface area (Å²) < 4.78 is 6.56. The van der Waals surface area contributed by atoms with Gasteiger partial charge < -0.3 is 25.4 Å². The number of aliphatic hydroxyl groups is 1. The Kier molecular flexibility index (Phi) is 7.37. The van der Waals surface area contributed by atoms with Crippen molar-refractivity contribution >= 4 is 39.3 Å². The lowest BCUT2D eigenvalue weighted by Gasteiger charge is -2.37. The van der Waals surface area contributed by atoms with E-state index >= 15 is 0 Å². The highest BCUT2D eigenvalue weighted by molar-refractivity contribution is 9.09. The van der Waals surface area contributed by atoms with Crippen molar-refractivity contribution in [2.75, 3.05) is 18.5 Å². The van der Waals surface area contributed by atoms with Gasteiger partial charge in [-0.25, -0.2) is 0 Å². The maximum Gasteiger partial charge on any atom is 0.250 e. The van der Waals surface area contributed by atoms with Gasteiger partial charge >= 0.3 is 0 Å². The van der Waals surface area contributed by atoms with Gasteiger partial charge in [-0.2, -0.15) is 0 Å². The molecule has 0 aliphatic carbocycles. The van der Waals surface area contributed by atoms with Crippen LogP contribution in [0.15, 0.2) is 48.5 Å². The maximum absolute atomic E-state index is 14.3. The molecule has 1 spiro atoms. The number of carbonyl (C=O) groups is 3. The summed E-state index contributed by atoms with van der Waals surface area (Å²) in [6.45, 7) is 5.92. The molecule has 8 nitrogen and oxygen atoms in total. The molecular weight excluding hydrogens is 550 g/mol. The molecule has 0 radical (unpaired) electrons. The van der Waals surface area contributed by atoms with Gasteiger partial charge in [0, 0.05) is 17.1 Å². The molecule has 5 rings (SSSR count). The van der Waals surface area contributed by atoms with Crippen LogP contribution in [-0.2, 0) is 19.1 Å². The van der Waals surface area contributed by atoms with Crippen molar-refractivity contribution in [2.45, 2.75) is 62.2 Å². The van der Waals surface area contributed by atoms with Gasteiger partial charge in [-0.15, -0.1) is 0 Å². The van der Waals surface area contributed by atoms with Crippen LogP contribution in [0.25, 0.3) is 0 Å². The van der Waals surface area contributed by atoms with Crippen LogP contribution in [0.5, 0.6) is 0 Å². The predicted octanol–water partition coefficient (Wildman–Crippen LogP) is 3.25. The molecule has 3 aliphatic rings. The summed E-state index contributed by atoms with van der Waals surface area (Å²) in [6, 6.07) is 13.1. The van der Waals surface area contributed by atoms with Crippen molar-refractivity contribution in [3.05, 3.63) is 65.2 Å². The Hall–Kier alpha value is -2.75. The number of likely N-dealkylation sites (tertiary alicyclic amines) is 1. The van der Waals surface area contributed by atoms with Crippen molar-refractivity contribution in [1.82, 2.24) is 10.2 Å². The average Bonchev–Trinajstić information content (AvgIpc) is 3.49. The van der Waals surface area contributed by atoms with E-state index in [0.717, 1.165) is 17.5 Å². The molecule has 9 heteroatoms. The van der Waals surface area contributed by atoms with E-state index in [1.807, 2.05) is 69.3 Å². The van der Waals surface area contributed by atoms with Gasteiger partial charge in [0.15, 0.2) is 0 Å². The molecule has 3 aliphatic heterocycles. The first-order chi connectivity index (χ1) is 18.2. The van der Waals surface area contributed by atoms with Gasteiger partial charge in [0.2, 0.25) is 17.7 Å². The number of hydrogen-bond donors (Lipinski definition) is 3. The number of halogens is 1. The van der Waals surface area contributed by atoms with Crippen LogP contribution in [0.2, 0.25) is 0 Å². The summed E-state index contributed by atoms with van der Waals surface area (Å²) in [7, 11) is 0. The zero-order valence-electron chi connectivity index (χ0n) is 21.8. The van der Waals surface area contributed by atoms with Crippen molar-refractivity contribution < 1.29 is 24.2 Å². The molecule has 2 aromatic rings. The number of amides is 3. The number of aliphatic hydroxyl groups excluding tert-OH is 1. The molecule has 202 valence electrons. The van der Waals surface area contributed by atoms with Gasteiger partial charge in [-0.05, 0) is 43.4 Å². The van der Waals surface area contributed by atoms with Crippen molar-refractivity contribution in [3.8, 4) is 0 Å². The Morgan fingerprint density at radius 2 is 1.82 bits per heavy atom. The van der Waals surface area contributed by atoms with Crippen LogP contribution < -0.4 is 10.6 Å². The molecule has 3 N–H and O–H groups in total. The molecule has 38 heavy (non-hydrogen) atoms. The van der Waals surface area contributed by atoms with E-state index in [1.165, 1.54) is 4.90 Å². The van der Waals surface area contributed by atoms with Gasteiger partial charge in [0.25, 0.3) is 0 Å². The molecule has 2 bridgehead atoms. The van der Waals surface area contributed by atoms with Crippen molar-refractivity contribution in [3.63, 3.8) is 0 Å². The second-order valence-electron chi connectivity index (χ2n) is 10.6. The lowest BCUT2D eigenvalue weighted by molar-refractivity contribution is -0.144. The summed E-state index contributed by atoms with van der Waals surface area (Å²) in [5.41, 5.74) is 1.99. The van der Waals surface area contributed by atoms with E-state index in [4.69, 9.17) is 4.74 Å². The lowest BCUT2D eigenvalue weighted by Crippen LogP contribution is -2.55. The fourth-order valence-corrected chi connectivity index (χ4v) is 7.54. The number of nitrogens with one attached hydrogen (secondary N) is 2. The number of para-hydroxylation sites is 1. The van der Waals surface area contributed by atoms with Crippen molar-refractivity contribution in [1.29, 1.82) is 0 Å². The van der Waals surface area contributed by atoms with Crippen LogP contribution in [0, 0.1) is 25.7 Å². The van der Waals surface area contributed by atoms with E-state index in [1.54, 1.807) is 0 Å². The number of rotatable bonds is 8. The number of fused-ring (bicyclic) bond motifs is 1. The number of ether oxygens (including phenoxy) is 1. The van der Waals surface area contributed by atoms with Crippen LogP contribution >= 0.6 is 15.9 Å². The quantitative estimate of drug-likeness (QED) is 0.413. The predicted molar refractivity (Wildman–Crippen MR) is 147 cm³/mol. The normalized spacial score (nSPS) is 30.3. The first-order valence-corrected chi connectivity index (χ1v) is 14.1. The van der Waals surface area contributed by atoms with Crippen LogP contribution in [0.1, 0.15) is 42.5 Å². The van der Waals surface area contributed by atoms with E-state index < -0.39 is 35.6 Å². The summed E-state index contributed by atoms with van der Waals surface area (Å²) in [6.07, 6.45) is 0.640. The number of nitrogens with zero attached hydrogens (tertiary/aromatic N) is 1. The third-order valence-electron chi connectivity index (χ3n) is 8.25. The molecule has 7 atom stereocenters. The van der Waals surface area contributed by atoms with E-state index in [-0.39, 0.29) is 29.2 Å². The monoisotopic (exact) mass is 583 g/mol. The molecule has 3 fully saturated rings. The number of anilines is 1. The van der Waals surface area contributed by atoms with Gasteiger partial charge in [-0.3, -0.25) is 14.4 Å². The topological polar surface area (TPSA) is 108 Å². The Morgan fingerprint density at radius 1 is 1.13 bits per heavy atom. The van der Waals surface area contributed by atoms with Gasteiger partial charge in [0.1, 0.15) is 11.6 Å². The molecule has 0 saturated carbocycles. The Balaban J connectivity index is 1.61. The molecule has 3 unspecified atom stereocenters. The van der Waals surface area contributed by atoms with E-state index in [9.17, 15) is 19.5 Å².